The molecule has 0 bridgehead atoms. The van der Waals surface area contributed by atoms with E-state index in [4.69, 9.17) is 16.7 Å². The first-order chi connectivity index (χ1) is 6.56. The van der Waals surface area contributed by atoms with E-state index in [0.29, 0.717) is 10.4 Å². The highest BCUT2D eigenvalue weighted by atomic mass is 79.9. The van der Waals surface area contributed by atoms with Gasteiger partial charge in [0, 0.05) is 10.4 Å². The second-order valence-corrected chi connectivity index (χ2v) is 4.03. The third-order valence-corrected chi connectivity index (χ3v) is 2.93. The number of aliphatic carboxylic acids is 1. The van der Waals surface area contributed by atoms with Crippen LogP contribution in [-0.2, 0) is 10.1 Å². The van der Waals surface area contributed by atoms with Crippen LogP contribution in [0.25, 0.3) is 0 Å². The summed E-state index contributed by atoms with van der Waals surface area (Å²) in [4.78, 5) is 10.8. The van der Waals surface area contributed by atoms with Gasteiger partial charge in [-0.2, -0.15) is 0 Å². The molecule has 1 atom stereocenters. The molecule has 0 aliphatic carbocycles. The number of hydrogen-bond donors (Lipinski definition) is 1. The van der Waals surface area contributed by atoms with E-state index < -0.39 is 11.9 Å². The van der Waals surface area contributed by atoms with Gasteiger partial charge in [0.15, 0.2) is 0 Å². The van der Waals surface area contributed by atoms with Crippen molar-refractivity contribution in [1.29, 1.82) is 0 Å². The van der Waals surface area contributed by atoms with E-state index in [1.165, 1.54) is 0 Å². The van der Waals surface area contributed by atoms with E-state index in [0.717, 1.165) is 11.1 Å². The van der Waals surface area contributed by atoms with Gasteiger partial charge in [0.05, 0.1) is 5.92 Å². The molecule has 14 heavy (non-hydrogen) atoms. The number of carboxylic acid groups (broad SMARTS) is 1. The quantitative estimate of drug-likeness (QED) is 0.860. The van der Waals surface area contributed by atoms with Crippen molar-refractivity contribution in [2.45, 2.75) is 18.2 Å². The molecule has 4 heteroatoms. The summed E-state index contributed by atoms with van der Waals surface area (Å²) < 4.78 is 0. The summed E-state index contributed by atoms with van der Waals surface area (Å²) in [6.45, 7) is 1.65. The zero-order valence-electron chi connectivity index (χ0n) is 7.63. The maximum atomic E-state index is 10.8. The normalized spacial score (nSPS) is 12.5. The average molecular weight is 278 g/mol. The van der Waals surface area contributed by atoms with Crippen LogP contribution in [0.1, 0.15) is 24.0 Å². The Balaban J connectivity index is 3.16. The van der Waals surface area contributed by atoms with Crippen molar-refractivity contribution in [2.24, 2.45) is 0 Å². The molecule has 2 nitrogen and oxygen atoms in total. The minimum atomic E-state index is -0.838. The Morgan fingerprint density at radius 2 is 2.29 bits per heavy atom. The van der Waals surface area contributed by atoms with Gasteiger partial charge in [-0.1, -0.05) is 33.6 Å². The Morgan fingerprint density at radius 3 is 2.79 bits per heavy atom. The number of alkyl halides is 1. The van der Waals surface area contributed by atoms with Gasteiger partial charge in [0.2, 0.25) is 0 Å². The van der Waals surface area contributed by atoms with E-state index in [1.807, 2.05) is 6.07 Å². The highest BCUT2D eigenvalue weighted by molar-refractivity contribution is 9.08. The maximum absolute atomic E-state index is 10.8. The molecule has 0 saturated heterocycles. The standard InChI is InChI=1S/C10H10BrClO2/c1-6(10(13)14)9-4-8(12)3-2-7(9)5-11/h2-4,6H,5H2,1H3,(H,13,14). The topological polar surface area (TPSA) is 37.3 Å². The molecular weight excluding hydrogens is 267 g/mol. The van der Waals surface area contributed by atoms with Crippen LogP contribution < -0.4 is 0 Å². The largest absolute Gasteiger partial charge is 0.481 e. The van der Waals surface area contributed by atoms with Gasteiger partial charge in [-0.25, -0.2) is 0 Å². The molecule has 0 fully saturated rings. The van der Waals surface area contributed by atoms with Gasteiger partial charge in [-0.05, 0) is 30.2 Å². The van der Waals surface area contributed by atoms with E-state index in [9.17, 15) is 4.79 Å². The number of halogens is 2. The summed E-state index contributed by atoms with van der Waals surface area (Å²) in [6, 6.07) is 5.30. The van der Waals surface area contributed by atoms with Gasteiger partial charge in [-0.15, -0.1) is 0 Å². The smallest absolute Gasteiger partial charge is 0.310 e. The van der Waals surface area contributed by atoms with Gasteiger partial charge in [-0.3, -0.25) is 4.79 Å². The molecule has 0 aliphatic rings. The molecule has 0 radical (unpaired) electrons. The molecule has 1 aromatic rings. The van der Waals surface area contributed by atoms with E-state index in [2.05, 4.69) is 15.9 Å². The number of carboxylic acids is 1. The average Bonchev–Trinajstić information content (AvgIpc) is 2.16. The lowest BCUT2D eigenvalue weighted by atomic mass is 9.97. The van der Waals surface area contributed by atoms with Crippen molar-refractivity contribution in [1.82, 2.24) is 0 Å². The third-order valence-electron chi connectivity index (χ3n) is 2.09. The number of benzene rings is 1. The van der Waals surface area contributed by atoms with E-state index in [-0.39, 0.29) is 0 Å². The fourth-order valence-corrected chi connectivity index (χ4v) is 1.91. The van der Waals surface area contributed by atoms with E-state index in [1.54, 1.807) is 19.1 Å². The Morgan fingerprint density at radius 1 is 1.64 bits per heavy atom. The molecule has 1 aromatic carbocycles. The van der Waals surface area contributed by atoms with Crippen LogP contribution in [0.4, 0.5) is 0 Å². The van der Waals surface area contributed by atoms with Crippen LogP contribution in [0.5, 0.6) is 0 Å². The fraction of sp³-hybridized carbons (Fsp3) is 0.300. The second kappa shape index (κ2) is 4.80. The van der Waals surface area contributed by atoms with Crippen LogP contribution in [0.2, 0.25) is 5.02 Å². The maximum Gasteiger partial charge on any atom is 0.310 e. The Labute approximate surface area is 96.0 Å². The second-order valence-electron chi connectivity index (χ2n) is 3.04. The molecule has 1 unspecified atom stereocenters. The zero-order valence-corrected chi connectivity index (χ0v) is 9.97. The van der Waals surface area contributed by atoms with Gasteiger partial charge < -0.3 is 5.11 Å². The molecule has 1 rings (SSSR count). The SMILES string of the molecule is CC(C(=O)O)c1cc(Cl)ccc1CBr. The van der Waals surface area contributed by atoms with Crippen LogP contribution in [0.3, 0.4) is 0 Å². The van der Waals surface area contributed by atoms with Crippen molar-refractivity contribution >= 4 is 33.5 Å². The molecule has 0 heterocycles. The lowest BCUT2D eigenvalue weighted by Crippen LogP contribution is -2.09. The Hall–Kier alpha value is -0.540. The van der Waals surface area contributed by atoms with Crippen LogP contribution in [0.15, 0.2) is 18.2 Å². The molecule has 0 aliphatic heterocycles. The summed E-state index contributed by atoms with van der Waals surface area (Å²) in [5, 5.41) is 10.1. The summed E-state index contributed by atoms with van der Waals surface area (Å²) >= 11 is 9.13. The number of hydrogen-bond acceptors (Lipinski definition) is 1. The van der Waals surface area contributed by atoms with Gasteiger partial charge in [0.25, 0.3) is 0 Å². The van der Waals surface area contributed by atoms with Crippen molar-refractivity contribution in [3.8, 4) is 0 Å². The minimum absolute atomic E-state index is 0.527. The number of carbonyl (C=O) groups is 1. The van der Waals surface area contributed by atoms with Crippen LogP contribution in [-0.4, -0.2) is 11.1 Å². The molecule has 0 saturated carbocycles. The molecular formula is C10H10BrClO2. The molecule has 0 amide bonds. The van der Waals surface area contributed by atoms with Gasteiger partial charge >= 0.3 is 5.97 Å². The fourth-order valence-electron chi connectivity index (χ4n) is 1.22. The Bertz CT molecular complexity index is 352. The summed E-state index contributed by atoms with van der Waals surface area (Å²) in [5.41, 5.74) is 1.73. The lowest BCUT2D eigenvalue weighted by Gasteiger charge is -2.11. The van der Waals surface area contributed by atoms with Crippen LogP contribution in [0, 0.1) is 0 Å². The monoisotopic (exact) mass is 276 g/mol. The van der Waals surface area contributed by atoms with Crippen molar-refractivity contribution in [2.75, 3.05) is 0 Å². The predicted molar refractivity (Wildman–Crippen MR) is 60.1 cm³/mol. The molecule has 0 spiro atoms. The van der Waals surface area contributed by atoms with Crippen molar-refractivity contribution < 1.29 is 9.90 Å². The highest BCUT2D eigenvalue weighted by Gasteiger charge is 2.17. The summed E-state index contributed by atoms with van der Waals surface area (Å²) in [5.74, 6) is -1.37. The first-order valence-corrected chi connectivity index (χ1v) is 5.63. The van der Waals surface area contributed by atoms with Gasteiger partial charge in [0.1, 0.15) is 0 Å². The summed E-state index contributed by atoms with van der Waals surface area (Å²) in [6.07, 6.45) is 0. The third kappa shape index (κ3) is 2.49. The first-order valence-electron chi connectivity index (χ1n) is 4.13. The van der Waals surface area contributed by atoms with Crippen molar-refractivity contribution in [3.63, 3.8) is 0 Å². The lowest BCUT2D eigenvalue weighted by molar-refractivity contribution is -0.138. The Kier molecular flexibility index (Phi) is 3.96. The molecule has 1 N–H and O–H groups in total. The van der Waals surface area contributed by atoms with Crippen molar-refractivity contribution in [3.05, 3.63) is 34.3 Å². The number of rotatable bonds is 3. The summed E-state index contributed by atoms with van der Waals surface area (Å²) in [7, 11) is 0. The predicted octanol–water partition coefficient (Wildman–Crippen LogP) is 3.42. The molecule has 76 valence electrons. The van der Waals surface area contributed by atoms with Crippen LogP contribution >= 0.6 is 27.5 Å². The van der Waals surface area contributed by atoms with E-state index >= 15 is 0 Å². The minimum Gasteiger partial charge on any atom is -0.481 e. The highest BCUT2D eigenvalue weighted by Crippen LogP contribution is 2.25. The zero-order chi connectivity index (χ0) is 10.7. The first kappa shape index (κ1) is 11.5. The molecule has 0 aromatic heterocycles.